The van der Waals surface area contributed by atoms with Gasteiger partial charge in [0.25, 0.3) is 0 Å². The first-order valence-electron chi connectivity index (χ1n) is 5.86. The van der Waals surface area contributed by atoms with Gasteiger partial charge in [-0.2, -0.15) is 0 Å². The van der Waals surface area contributed by atoms with Crippen molar-refractivity contribution in [3.05, 3.63) is 40.1 Å². The summed E-state index contributed by atoms with van der Waals surface area (Å²) in [5, 5.41) is 3.42. The van der Waals surface area contributed by atoms with Gasteiger partial charge < -0.3 is 15.8 Å². The van der Waals surface area contributed by atoms with Crippen molar-refractivity contribution in [2.45, 2.75) is 19.9 Å². The van der Waals surface area contributed by atoms with Crippen molar-refractivity contribution in [3.8, 4) is 5.75 Å². The minimum atomic E-state index is 0.234. The third-order valence-corrected chi connectivity index (χ3v) is 4.00. The average molecular weight is 262 g/mol. The normalized spacial score (nSPS) is 12.2. The van der Waals surface area contributed by atoms with E-state index in [1.807, 2.05) is 18.2 Å². The van der Waals surface area contributed by atoms with Gasteiger partial charge in [-0.05, 0) is 38.1 Å². The van der Waals surface area contributed by atoms with Crippen LogP contribution in [0.25, 0.3) is 0 Å². The maximum absolute atomic E-state index is 5.96. The minimum Gasteiger partial charge on any atom is -0.497 e. The Morgan fingerprint density at radius 3 is 2.67 bits per heavy atom. The Balaban J connectivity index is 2.18. The van der Waals surface area contributed by atoms with E-state index in [1.165, 1.54) is 9.75 Å². The molecule has 1 aromatic carbocycles. The molecule has 0 amide bonds. The standard InChI is InChI=1S/C14H18N2OS/c1-9-4-7-14(18-9)10(2)16-13-8-11(17-3)5-6-12(13)15/h4-8,10,16H,15H2,1-3H3. The quantitative estimate of drug-likeness (QED) is 0.823. The zero-order chi connectivity index (χ0) is 13.1. The number of hydrogen-bond acceptors (Lipinski definition) is 4. The largest absolute Gasteiger partial charge is 0.497 e. The average Bonchev–Trinajstić information content (AvgIpc) is 2.79. The second kappa shape index (κ2) is 5.31. The van der Waals surface area contributed by atoms with Crippen LogP contribution in [0.4, 0.5) is 11.4 Å². The summed E-state index contributed by atoms with van der Waals surface area (Å²) in [6.45, 7) is 4.24. The lowest BCUT2D eigenvalue weighted by Crippen LogP contribution is -2.07. The lowest BCUT2D eigenvalue weighted by molar-refractivity contribution is 0.415. The van der Waals surface area contributed by atoms with Crippen LogP contribution in [0.2, 0.25) is 0 Å². The fourth-order valence-corrected chi connectivity index (χ4v) is 2.66. The third-order valence-electron chi connectivity index (χ3n) is 2.82. The molecule has 2 aromatic rings. The first kappa shape index (κ1) is 12.8. The molecule has 0 aliphatic rings. The summed E-state index contributed by atoms with van der Waals surface area (Å²) in [4.78, 5) is 2.62. The Morgan fingerprint density at radius 2 is 2.06 bits per heavy atom. The number of nitrogens with two attached hydrogens (primary N) is 1. The highest BCUT2D eigenvalue weighted by Gasteiger charge is 2.09. The zero-order valence-electron chi connectivity index (χ0n) is 10.9. The van der Waals surface area contributed by atoms with Crippen LogP contribution in [0.5, 0.6) is 5.75 Å². The van der Waals surface area contributed by atoms with E-state index in [0.29, 0.717) is 0 Å². The van der Waals surface area contributed by atoms with Gasteiger partial charge in [-0.15, -0.1) is 11.3 Å². The van der Waals surface area contributed by atoms with Crippen LogP contribution < -0.4 is 15.8 Å². The van der Waals surface area contributed by atoms with E-state index in [2.05, 4.69) is 31.3 Å². The van der Waals surface area contributed by atoms with Crippen molar-refractivity contribution >= 4 is 22.7 Å². The highest BCUT2D eigenvalue weighted by molar-refractivity contribution is 7.12. The number of thiophene rings is 1. The van der Waals surface area contributed by atoms with E-state index < -0.39 is 0 Å². The molecule has 0 aliphatic heterocycles. The van der Waals surface area contributed by atoms with E-state index in [-0.39, 0.29) is 6.04 Å². The molecule has 0 saturated carbocycles. The number of anilines is 2. The number of nitrogens with one attached hydrogen (secondary N) is 1. The summed E-state index contributed by atoms with van der Waals surface area (Å²) in [5.41, 5.74) is 7.60. The molecule has 1 unspecified atom stereocenters. The van der Waals surface area contributed by atoms with Gasteiger partial charge >= 0.3 is 0 Å². The summed E-state index contributed by atoms with van der Waals surface area (Å²) in [6, 6.07) is 10.2. The minimum absolute atomic E-state index is 0.234. The number of hydrogen-bond donors (Lipinski definition) is 2. The SMILES string of the molecule is COc1ccc(N)c(NC(C)c2ccc(C)s2)c1. The van der Waals surface area contributed by atoms with Crippen LogP contribution in [0.15, 0.2) is 30.3 Å². The fourth-order valence-electron chi connectivity index (χ4n) is 1.78. The van der Waals surface area contributed by atoms with E-state index in [0.717, 1.165) is 17.1 Å². The summed E-state index contributed by atoms with van der Waals surface area (Å²) in [6.07, 6.45) is 0. The Bertz CT molecular complexity index is 536. The predicted molar refractivity (Wildman–Crippen MR) is 78.5 cm³/mol. The fraction of sp³-hybridized carbons (Fsp3) is 0.286. The van der Waals surface area contributed by atoms with Gasteiger partial charge in [-0.25, -0.2) is 0 Å². The van der Waals surface area contributed by atoms with Gasteiger partial charge in [0.1, 0.15) is 5.75 Å². The summed E-state index contributed by atoms with van der Waals surface area (Å²) in [5.74, 6) is 0.807. The Kier molecular flexibility index (Phi) is 3.77. The van der Waals surface area contributed by atoms with Gasteiger partial charge in [-0.1, -0.05) is 0 Å². The molecule has 1 heterocycles. The molecule has 96 valence electrons. The molecule has 0 aliphatic carbocycles. The smallest absolute Gasteiger partial charge is 0.121 e. The van der Waals surface area contributed by atoms with Gasteiger partial charge in [-0.3, -0.25) is 0 Å². The number of aryl methyl sites for hydroxylation is 1. The van der Waals surface area contributed by atoms with E-state index in [1.54, 1.807) is 18.4 Å². The van der Waals surface area contributed by atoms with Gasteiger partial charge in [0.05, 0.1) is 24.5 Å². The molecular formula is C14H18N2OS. The summed E-state index contributed by atoms with van der Waals surface area (Å²) >= 11 is 1.80. The van der Waals surface area contributed by atoms with Crippen molar-refractivity contribution in [1.29, 1.82) is 0 Å². The molecule has 1 atom stereocenters. The lowest BCUT2D eigenvalue weighted by atomic mass is 10.2. The van der Waals surface area contributed by atoms with Crippen molar-refractivity contribution in [1.82, 2.24) is 0 Å². The summed E-state index contributed by atoms with van der Waals surface area (Å²) in [7, 11) is 1.65. The number of ether oxygens (including phenoxy) is 1. The molecule has 0 saturated heterocycles. The van der Waals surface area contributed by atoms with E-state index >= 15 is 0 Å². The molecule has 0 radical (unpaired) electrons. The number of benzene rings is 1. The first-order chi connectivity index (χ1) is 8.60. The Labute approximate surface area is 112 Å². The predicted octanol–water partition coefficient (Wildman–Crippen LogP) is 3.82. The maximum Gasteiger partial charge on any atom is 0.121 e. The highest BCUT2D eigenvalue weighted by atomic mass is 32.1. The Hall–Kier alpha value is -1.68. The number of nitrogen functional groups attached to an aromatic ring is 1. The van der Waals surface area contributed by atoms with Gasteiger partial charge in [0.15, 0.2) is 0 Å². The van der Waals surface area contributed by atoms with Crippen molar-refractivity contribution in [3.63, 3.8) is 0 Å². The second-order valence-corrected chi connectivity index (χ2v) is 5.59. The zero-order valence-corrected chi connectivity index (χ0v) is 11.7. The van der Waals surface area contributed by atoms with E-state index in [4.69, 9.17) is 10.5 Å². The molecule has 0 spiro atoms. The van der Waals surface area contributed by atoms with Crippen LogP contribution in [0.3, 0.4) is 0 Å². The van der Waals surface area contributed by atoms with Crippen LogP contribution in [0.1, 0.15) is 22.7 Å². The van der Waals surface area contributed by atoms with Crippen molar-refractivity contribution in [2.24, 2.45) is 0 Å². The maximum atomic E-state index is 5.96. The van der Waals surface area contributed by atoms with Crippen LogP contribution in [-0.2, 0) is 0 Å². The third kappa shape index (κ3) is 2.76. The van der Waals surface area contributed by atoms with Gasteiger partial charge in [0, 0.05) is 15.8 Å². The molecule has 0 fully saturated rings. The van der Waals surface area contributed by atoms with Crippen molar-refractivity contribution in [2.75, 3.05) is 18.2 Å². The molecule has 3 N–H and O–H groups in total. The molecule has 18 heavy (non-hydrogen) atoms. The van der Waals surface area contributed by atoms with Crippen LogP contribution in [-0.4, -0.2) is 7.11 Å². The molecule has 1 aromatic heterocycles. The molecule has 2 rings (SSSR count). The van der Waals surface area contributed by atoms with Crippen molar-refractivity contribution < 1.29 is 4.74 Å². The number of rotatable bonds is 4. The van der Waals surface area contributed by atoms with Crippen LogP contribution in [0, 0.1) is 6.92 Å². The molecule has 4 heteroatoms. The monoisotopic (exact) mass is 262 g/mol. The lowest BCUT2D eigenvalue weighted by Gasteiger charge is -2.16. The van der Waals surface area contributed by atoms with E-state index in [9.17, 15) is 0 Å². The van der Waals surface area contributed by atoms with Gasteiger partial charge in [0.2, 0.25) is 0 Å². The molecular weight excluding hydrogens is 244 g/mol. The molecule has 3 nitrogen and oxygen atoms in total. The Morgan fingerprint density at radius 1 is 1.28 bits per heavy atom. The van der Waals surface area contributed by atoms with Crippen LogP contribution >= 0.6 is 11.3 Å². The summed E-state index contributed by atoms with van der Waals surface area (Å²) < 4.78 is 5.21. The number of methoxy groups -OCH3 is 1. The molecule has 0 bridgehead atoms. The highest BCUT2D eigenvalue weighted by Crippen LogP contribution is 2.30. The second-order valence-electron chi connectivity index (χ2n) is 4.27. The first-order valence-corrected chi connectivity index (χ1v) is 6.68. The topological polar surface area (TPSA) is 47.3 Å².